The van der Waals surface area contributed by atoms with Crippen LogP contribution < -0.4 is 5.32 Å². The van der Waals surface area contributed by atoms with Gasteiger partial charge in [0.25, 0.3) is 0 Å². The molecule has 1 atom stereocenters. The van der Waals surface area contributed by atoms with Crippen molar-refractivity contribution in [1.82, 2.24) is 10.3 Å². The highest BCUT2D eigenvalue weighted by atomic mass is 14.9. The number of hydrogen-bond acceptors (Lipinski definition) is 3. The monoisotopic (exact) mass is 201 g/mol. The fraction of sp³-hybridized carbons (Fsp3) is 0.500. The van der Waals surface area contributed by atoms with Crippen molar-refractivity contribution in [3.8, 4) is 6.07 Å². The lowest BCUT2D eigenvalue weighted by Crippen LogP contribution is -2.30. The molecule has 3 heteroatoms. The number of rotatable bonds is 2. The van der Waals surface area contributed by atoms with Crippen LogP contribution in [0, 0.1) is 17.2 Å². The van der Waals surface area contributed by atoms with E-state index in [1.54, 1.807) is 6.20 Å². The average molecular weight is 201 g/mol. The first-order valence-electron chi connectivity index (χ1n) is 5.42. The third kappa shape index (κ3) is 2.34. The normalized spacial score (nSPS) is 19.4. The van der Waals surface area contributed by atoms with Crippen LogP contribution in [-0.2, 0) is 0 Å². The van der Waals surface area contributed by atoms with Crippen LogP contribution in [0.5, 0.6) is 0 Å². The molecule has 1 fully saturated rings. The molecule has 1 aliphatic rings. The van der Waals surface area contributed by atoms with E-state index in [-0.39, 0.29) is 5.92 Å². The Kier molecular flexibility index (Phi) is 3.31. The Morgan fingerprint density at radius 3 is 2.87 bits per heavy atom. The van der Waals surface area contributed by atoms with Gasteiger partial charge in [-0.25, -0.2) is 0 Å². The topological polar surface area (TPSA) is 48.7 Å². The lowest BCUT2D eigenvalue weighted by atomic mass is 9.82. The van der Waals surface area contributed by atoms with E-state index < -0.39 is 0 Å². The summed E-state index contributed by atoms with van der Waals surface area (Å²) in [5.74, 6) is 0.501. The number of piperidine rings is 1. The van der Waals surface area contributed by atoms with Crippen molar-refractivity contribution >= 4 is 0 Å². The Labute approximate surface area is 90.1 Å². The minimum Gasteiger partial charge on any atom is -0.317 e. The maximum Gasteiger partial charge on any atom is 0.0756 e. The third-order valence-electron chi connectivity index (χ3n) is 3.04. The molecule has 2 heterocycles. The molecule has 2 rings (SSSR count). The van der Waals surface area contributed by atoms with Crippen LogP contribution in [0.2, 0.25) is 0 Å². The van der Waals surface area contributed by atoms with Gasteiger partial charge in [0.05, 0.1) is 12.0 Å². The maximum atomic E-state index is 9.23. The molecule has 0 amide bonds. The lowest BCUT2D eigenvalue weighted by Gasteiger charge is -2.26. The van der Waals surface area contributed by atoms with E-state index in [0.29, 0.717) is 5.92 Å². The average Bonchev–Trinajstić information content (AvgIpc) is 2.33. The first kappa shape index (κ1) is 10.1. The predicted octanol–water partition coefficient (Wildman–Crippen LogP) is 1.69. The molecular weight excluding hydrogens is 186 g/mol. The largest absolute Gasteiger partial charge is 0.317 e. The SMILES string of the molecule is N#CC(c1cccnc1)C1CCNCC1. The van der Waals surface area contributed by atoms with Gasteiger partial charge in [0.1, 0.15) is 0 Å². The Morgan fingerprint density at radius 2 is 2.27 bits per heavy atom. The summed E-state index contributed by atoms with van der Waals surface area (Å²) in [7, 11) is 0. The summed E-state index contributed by atoms with van der Waals surface area (Å²) < 4.78 is 0. The zero-order chi connectivity index (χ0) is 10.5. The zero-order valence-electron chi connectivity index (χ0n) is 8.69. The summed E-state index contributed by atoms with van der Waals surface area (Å²) in [6.07, 6.45) is 5.75. The lowest BCUT2D eigenvalue weighted by molar-refractivity contribution is 0.350. The highest BCUT2D eigenvalue weighted by molar-refractivity contribution is 5.22. The van der Waals surface area contributed by atoms with E-state index in [0.717, 1.165) is 31.5 Å². The van der Waals surface area contributed by atoms with Gasteiger partial charge in [-0.05, 0) is 43.5 Å². The predicted molar refractivity (Wildman–Crippen MR) is 58.2 cm³/mol. The second-order valence-corrected chi connectivity index (χ2v) is 3.98. The molecule has 0 aliphatic carbocycles. The van der Waals surface area contributed by atoms with Crippen LogP contribution in [0.4, 0.5) is 0 Å². The molecule has 0 spiro atoms. The van der Waals surface area contributed by atoms with Gasteiger partial charge in [-0.15, -0.1) is 0 Å². The van der Waals surface area contributed by atoms with Crippen molar-refractivity contribution in [1.29, 1.82) is 5.26 Å². The molecule has 1 aromatic heterocycles. The Bertz CT molecular complexity index is 336. The fourth-order valence-electron chi connectivity index (χ4n) is 2.19. The van der Waals surface area contributed by atoms with Gasteiger partial charge in [0.15, 0.2) is 0 Å². The van der Waals surface area contributed by atoms with Crippen molar-refractivity contribution in [3.63, 3.8) is 0 Å². The van der Waals surface area contributed by atoms with Gasteiger partial charge in [-0.3, -0.25) is 4.98 Å². The van der Waals surface area contributed by atoms with Crippen LogP contribution in [-0.4, -0.2) is 18.1 Å². The number of aromatic nitrogens is 1. The Morgan fingerprint density at radius 1 is 1.47 bits per heavy atom. The van der Waals surface area contributed by atoms with Crippen molar-refractivity contribution in [3.05, 3.63) is 30.1 Å². The minimum absolute atomic E-state index is 0.0146. The van der Waals surface area contributed by atoms with Crippen molar-refractivity contribution in [2.75, 3.05) is 13.1 Å². The van der Waals surface area contributed by atoms with Crippen LogP contribution in [0.3, 0.4) is 0 Å². The molecule has 0 saturated carbocycles. The summed E-state index contributed by atoms with van der Waals surface area (Å²) in [6.45, 7) is 2.06. The van der Waals surface area contributed by atoms with Gasteiger partial charge in [-0.2, -0.15) is 5.26 Å². The summed E-state index contributed by atoms with van der Waals surface area (Å²) in [5, 5.41) is 12.6. The van der Waals surface area contributed by atoms with Gasteiger partial charge < -0.3 is 5.32 Å². The molecule has 1 unspecified atom stereocenters. The quantitative estimate of drug-likeness (QED) is 0.792. The van der Waals surface area contributed by atoms with E-state index in [9.17, 15) is 5.26 Å². The first-order valence-corrected chi connectivity index (χ1v) is 5.42. The maximum absolute atomic E-state index is 9.23. The van der Waals surface area contributed by atoms with Crippen LogP contribution >= 0.6 is 0 Å². The molecule has 1 saturated heterocycles. The highest BCUT2D eigenvalue weighted by Crippen LogP contribution is 2.29. The van der Waals surface area contributed by atoms with Gasteiger partial charge in [0, 0.05) is 12.4 Å². The molecule has 1 N–H and O–H groups in total. The van der Waals surface area contributed by atoms with Crippen molar-refractivity contribution < 1.29 is 0 Å². The first-order chi connectivity index (χ1) is 7.42. The smallest absolute Gasteiger partial charge is 0.0756 e. The highest BCUT2D eigenvalue weighted by Gasteiger charge is 2.24. The molecule has 15 heavy (non-hydrogen) atoms. The summed E-state index contributed by atoms with van der Waals surface area (Å²) in [5.41, 5.74) is 1.06. The number of nitrogens with one attached hydrogen (secondary N) is 1. The van der Waals surface area contributed by atoms with Gasteiger partial charge >= 0.3 is 0 Å². The molecule has 0 bridgehead atoms. The second kappa shape index (κ2) is 4.90. The third-order valence-corrected chi connectivity index (χ3v) is 3.04. The zero-order valence-corrected chi connectivity index (χ0v) is 8.69. The molecule has 3 nitrogen and oxygen atoms in total. The van der Waals surface area contributed by atoms with Crippen LogP contribution in [0.15, 0.2) is 24.5 Å². The molecule has 1 aromatic rings. The van der Waals surface area contributed by atoms with Crippen molar-refractivity contribution in [2.24, 2.45) is 5.92 Å². The van der Waals surface area contributed by atoms with Gasteiger partial charge in [0.2, 0.25) is 0 Å². The summed E-state index contributed by atoms with van der Waals surface area (Å²) in [6, 6.07) is 6.33. The number of pyridine rings is 1. The van der Waals surface area contributed by atoms with Crippen LogP contribution in [0.25, 0.3) is 0 Å². The summed E-state index contributed by atoms with van der Waals surface area (Å²) >= 11 is 0. The number of nitriles is 1. The van der Waals surface area contributed by atoms with Crippen molar-refractivity contribution in [2.45, 2.75) is 18.8 Å². The minimum atomic E-state index is 0.0146. The van der Waals surface area contributed by atoms with E-state index in [4.69, 9.17) is 0 Å². The van der Waals surface area contributed by atoms with E-state index >= 15 is 0 Å². The molecule has 0 radical (unpaired) electrons. The number of hydrogen-bond donors (Lipinski definition) is 1. The Hall–Kier alpha value is -1.40. The fourth-order valence-corrected chi connectivity index (χ4v) is 2.19. The van der Waals surface area contributed by atoms with E-state index in [1.807, 2.05) is 18.3 Å². The molecule has 1 aliphatic heterocycles. The van der Waals surface area contributed by atoms with Crippen LogP contribution in [0.1, 0.15) is 24.3 Å². The molecule has 78 valence electrons. The van der Waals surface area contributed by atoms with E-state index in [1.165, 1.54) is 0 Å². The molecule has 0 aromatic carbocycles. The Balaban J connectivity index is 2.14. The standard InChI is InChI=1S/C12H15N3/c13-8-12(10-3-6-14-7-4-10)11-2-1-5-15-9-11/h1-2,5,9-10,12,14H,3-4,6-7H2. The molecular formula is C12H15N3. The van der Waals surface area contributed by atoms with E-state index in [2.05, 4.69) is 16.4 Å². The van der Waals surface area contributed by atoms with Gasteiger partial charge in [-0.1, -0.05) is 6.07 Å². The summed E-state index contributed by atoms with van der Waals surface area (Å²) in [4.78, 5) is 4.08. The number of nitrogens with zero attached hydrogens (tertiary/aromatic N) is 2. The second-order valence-electron chi connectivity index (χ2n) is 3.98.